The van der Waals surface area contributed by atoms with E-state index in [1.165, 1.54) is 11.8 Å². The van der Waals surface area contributed by atoms with E-state index in [0.717, 1.165) is 43.1 Å². The Morgan fingerprint density at radius 1 is 1.41 bits per heavy atom. The van der Waals surface area contributed by atoms with Gasteiger partial charge in [0.1, 0.15) is 0 Å². The molecule has 1 aromatic rings. The highest BCUT2D eigenvalue weighted by Gasteiger charge is 2.24. The molecule has 0 atom stereocenters. The Morgan fingerprint density at radius 2 is 2.18 bits per heavy atom. The van der Waals surface area contributed by atoms with Crippen LogP contribution >= 0.6 is 11.8 Å². The second kappa shape index (κ2) is 6.71. The second-order valence-electron chi connectivity index (χ2n) is 5.84. The van der Waals surface area contributed by atoms with Crippen molar-refractivity contribution in [1.82, 2.24) is 10.2 Å². The fourth-order valence-corrected chi connectivity index (χ4v) is 3.82. The first-order chi connectivity index (χ1) is 10.7. The van der Waals surface area contributed by atoms with Crippen molar-refractivity contribution in [3.63, 3.8) is 0 Å². The molecule has 1 aromatic carbocycles. The highest BCUT2D eigenvalue weighted by molar-refractivity contribution is 8.00. The molecule has 2 heterocycles. The van der Waals surface area contributed by atoms with Gasteiger partial charge in [0.25, 0.3) is 5.91 Å². The summed E-state index contributed by atoms with van der Waals surface area (Å²) in [7, 11) is 1.97. The highest BCUT2D eigenvalue weighted by atomic mass is 32.2. The van der Waals surface area contributed by atoms with E-state index in [9.17, 15) is 9.59 Å². The Labute approximate surface area is 134 Å². The van der Waals surface area contributed by atoms with Gasteiger partial charge in [-0.1, -0.05) is 0 Å². The number of carbonyl (C=O) groups excluding carboxylic acids is 2. The summed E-state index contributed by atoms with van der Waals surface area (Å²) in [6, 6.07) is 5.60. The molecule has 0 saturated carbocycles. The van der Waals surface area contributed by atoms with Crippen molar-refractivity contribution in [2.75, 3.05) is 37.8 Å². The number of nitrogens with zero attached hydrogens (tertiary/aromatic N) is 1. The maximum Gasteiger partial charge on any atom is 0.253 e. The highest BCUT2D eigenvalue weighted by Crippen LogP contribution is 2.32. The van der Waals surface area contributed by atoms with E-state index in [4.69, 9.17) is 0 Å². The van der Waals surface area contributed by atoms with Gasteiger partial charge in [0.15, 0.2) is 0 Å². The number of nitrogens with one attached hydrogen (secondary N) is 2. The van der Waals surface area contributed by atoms with Gasteiger partial charge >= 0.3 is 0 Å². The minimum atomic E-state index is -0.00465. The number of amides is 2. The van der Waals surface area contributed by atoms with Gasteiger partial charge in [-0.05, 0) is 50.6 Å². The maximum absolute atomic E-state index is 12.6. The molecule has 3 rings (SSSR count). The predicted molar refractivity (Wildman–Crippen MR) is 88.3 cm³/mol. The van der Waals surface area contributed by atoms with Gasteiger partial charge in [-0.15, -0.1) is 11.8 Å². The van der Waals surface area contributed by atoms with Gasteiger partial charge in [-0.25, -0.2) is 0 Å². The number of likely N-dealkylation sites (tertiary alicyclic amines) is 1. The van der Waals surface area contributed by atoms with Gasteiger partial charge in [0.05, 0.1) is 11.4 Å². The predicted octanol–water partition coefficient (Wildman–Crippen LogP) is 1.80. The molecule has 1 saturated heterocycles. The summed E-state index contributed by atoms with van der Waals surface area (Å²) in [5, 5.41) is 6.05. The van der Waals surface area contributed by atoms with Crippen LogP contribution in [0.2, 0.25) is 0 Å². The molecule has 22 heavy (non-hydrogen) atoms. The number of hydrogen-bond acceptors (Lipinski definition) is 4. The Morgan fingerprint density at radius 3 is 2.91 bits per heavy atom. The molecular formula is C16H21N3O2S. The summed E-state index contributed by atoms with van der Waals surface area (Å²) >= 11 is 1.51. The van der Waals surface area contributed by atoms with Crippen LogP contribution in [0.5, 0.6) is 0 Å². The van der Waals surface area contributed by atoms with E-state index in [1.54, 1.807) is 6.07 Å². The summed E-state index contributed by atoms with van der Waals surface area (Å²) in [6.45, 7) is 2.64. The molecule has 0 bridgehead atoms. The molecule has 5 nitrogen and oxygen atoms in total. The molecule has 0 aliphatic carbocycles. The number of piperidine rings is 1. The Kier molecular flexibility index (Phi) is 4.69. The van der Waals surface area contributed by atoms with Crippen molar-refractivity contribution in [2.24, 2.45) is 5.92 Å². The van der Waals surface area contributed by atoms with Crippen LogP contribution in [0.4, 0.5) is 5.69 Å². The Balaban J connectivity index is 1.68. The summed E-state index contributed by atoms with van der Waals surface area (Å²) in [5.74, 6) is 1.16. The number of fused-ring (bicyclic) bond motifs is 1. The summed E-state index contributed by atoms with van der Waals surface area (Å²) in [5.41, 5.74) is 1.42. The van der Waals surface area contributed by atoms with Crippen molar-refractivity contribution in [3.8, 4) is 0 Å². The summed E-state index contributed by atoms with van der Waals surface area (Å²) in [6.07, 6.45) is 2.09. The fraction of sp³-hybridized carbons (Fsp3) is 0.500. The van der Waals surface area contributed by atoms with Crippen LogP contribution in [0.3, 0.4) is 0 Å². The quantitative estimate of drug-likeness (QED) is 0.892. The normalized spacial score (nSPS) is 18.8. The lowest BCUT2D eigenvalue weighted by atomic mass is 9.96. The van der Waals surface area contributed by atoms with Gasteiger partial charge in [0.2, 0.25) is 5.91 Å². The van der Waals surface area contributed by atoms with Crippen molar-refractivity contribution in [2.45, 2.75) is 17.7 Å². The monoisotopic (exact) mass is 319 g/mol. The number of carbonyl (C=O) groups is 2. The van der Waals surface area contributed by atoms with Crippen LogP contribution in [0.25, 0.3) is 0 Å². The van der Waals surface area contributed by atoms with Crippen molar-refractivity contribution >= 4 is 29.3 Å². The standard InChI is InChI=1S/C16H21N3O2S/c1-17-9-11-4-6-19(7-5-11)16(21)12-2-3-14-13(8-12)18-15(20)10-22-14/h2-3,8,11,17H,4-7,9-10H2,1H3,(H,18,20). The molecule has 0 unspecified atom stereocenters. The molecular weight excluding hydrogens is 298 g/mol. The Hall–Kier alpha value is -1.53. The van der Waals surface area contributed by atoms with Crippen LogP contribution in [-0.2, 0) is 4.79 Å². The molecule has 0 aromatic heterocycles. The molecule has 2 aliphatic heterocycles. The third-order valence-electron chi connectivity index (χ3n) is 4.25. The molecule has 2 amide bonds. The van der Waals surface area contributed by atoms with E-state index in [0.29, 0.717) is 17.2 Å². The molecule has 0 radical (unpaired) electrons. The lowest BCUT2D eigenvalue weighted by molar-refractivity contribution is -0.113. The van der Waals surface area contributed by atoms with Crippen LogP contribution in [0.15, 0.2) is 23.1 Å². The zero-order chi connectivity index (χ0) is 15.5. The van der Waals surface area contributed by atoms with E-state index >= 15 is 0 Å². The summed E-state index contributed by atoms with van der Waals surface area (Å²) < 4.78 is 0. The minimum absolute atomic E-state index is 0.00465. The molecule has 1 fully saturated rings. The van der Waals surface area contributed by atoms with Crippen LogP contribution in [0.1, 0.15) is 23.2 Å². The minimum Gasteiger partial charge on any atom is -0.339 e. The third kappa shape index (κ3) is 3.28. The number of rotatable bonds is 3. The smallest absolute Gasteiger partial charge is 0.253 e. The van der Waals surface area contributed by atoms with Gasteiger partial charge in [0, 0.05) is 23.5 Å². The van der Waals surface area contributed by atoms with Gasteiger partial charge in [-0.3, -0.25) is 9.59 Å². The largest absolute Gasteiger partial charge is 0.339 e. The zero-order valence-corrected chi connectivity index (χ0v) is 13.5. The van der Waals surface area contributed by atoms with E-state index in [-0.39, 0.29) is 11.8 Å². The first-order valence-corrected chi connectivity index (χ1v) is 8.66. The molecule has 118 valence electrons. The lowest BCUT2D eigenvalue weighted by Crippen LogP contribution is -2.40. The average molecular weight is 319 g/mol. The van der Waals surface area contributed by atoms with Crippen LogP contribution in [0, 0.1) is 5.92 Å². The van der Waals surface area contributed by atoms with E-state index in [2.05, 4.69) is 10.6 Å². The topological polar surface area (TPSA) is 61.4 Å². The first kappa shape index (κ1) is 15.4. The number of benzene rings is 1. The molecule has 0 spiro atoms. The maximum atomic E-state index is 12.6. The first-order valence-electron chi connectivity index (χ1n) is 7.68. The summed E-state index contributed by atoms with van der Waals surface area (Å²) in [4.78, 5) is 27.0. The molecule has 2 N–H and O–H groups in total. The second-order valence-corrected chi connectivity index (χ2v) is 6.86. The lowest BCUT2D eigenvalue weighted by Gasteiger charge is -2.32. The van der Waals surface area contributed by atoms with Crippen molar-refractivity contribution < 1.29 is 9.59 Å². The van der Waals surface area contributed by atoms with E-state index < -0.39 is 0 Å². The van der Waals surface area contributed by atoms with Gasteiger partial charge < -0.3 is 15.5 Å². The zero-order valence-electron chi connectivity index (χ0n) is 12.7. The van der Waals surface area contributed by atoms with Crippen molar-refractivity contribution in [3.05, 3.63) is 23.8 Å². The number of hydrogen-bond donors (Lipinski definition) is 2. The number of thioether (sulfide) groups is 1. The van der Waals surface area contributed by atoms with Crippen LogP contribution < -0.4 is 10.6 Å². The van der Waals surface area contributed by atoms with Crippen molar-refractivity contribution in [1.29, 1.82) is 0 Å². The fourth-order valence-electron chi connectivity index (χ4n) is 3.03. The van der Waals surface area contributed by atoms with Crippen LogP contribution in [-0.4, -0.2) is 49.1 Å². The SMILES string of the molecule is CNCC1CCN(C(=O)c2ccc3c(c2)NC(=O)CS3)CC1. The molecule has 2 aliphatic rings. The average Bonchev–Trinajstić information content (AvgIpc) is 2.54. The van der Waals surface area contributed by atoms with E-state index in [1.807, 2.05) is 24.1 Å². The molecule has 6 heteroatoms. The van der Waals surface area contributed by atoms with Gasteiger partial charge in [-0.2, -0.15) is 0 Å². The Bertz CT molecular complexity index is 583. The number of anilines is 1. The third-order valence-corrected chi connectivity index (χ3v) is 5.33.